The van der Waals surface area contributed by atoms with E-state index in [0.717, 1.165) is 30.8 Å². The minimum absolute atomic E-state index is 0.150. The summed E-state index contributed by atoms with van der Waals surface area (Å²) in [5.74, 6) is 0. The van der Waals surface area contributed by atoms with Crippen LogP contribution >= 0.6 is 0 Å². The van der Waals surface area contributed by atoms with Crippen LogP contribution in [0.2, 0.25) is 0 Å². The highest BCUT2D eigenvalue weighted by atomic mass is 19.4. The lowest BCUT2D eigenvalue weighted by atomic mass is 10.0. The Kier molecular flexibility index (Phi) is 3.52. The molecule has 0 aliphatic carbocycles. The van der Waals surface area contributed by atoms with E-state index in [0.29, 0.717) is 5.56 Å². The maximum absolute atomic E-state index is 12.4. The van der Waals surface area contributed by atoms with Crippen LogP contribution in [0.15, 0.2) is 18.2 Å². The molecule has 0 bridgehead atoms. The van der Waals surface area contributed by atoms with Crippen molar-refractivity contribution in [1.29, 1.82) is 0 Å². The van der Waals surface area contributed by atoms with Gasteiger partial charge in [0, 0.05) is 18.8 Å². The van der Waals surface area contributed by atoms with Crippen LogP contribution in [0.4, 0.5) is 18.9 Å². The predicted molar refractivity (Wildman–Crippen MR) is 65.8 cm³/mol. The number of nitrogens with two attached hydrogens (primary N) is 1. The SMILES string of the molecule is CCN1CCc2cc(CC(N)C(F)(F)F)ccc21. The number of likely N-dealkylation sites (N-methyl/N-ethyl adjacent to an activating group) is 1. The smallest absolute Gasteiger partial charge is 0.371 e. The van der Waals surface area contributed by atoms with E-state index in [1.165, 1.54) is 0 Å². The van der Waals surface area contributed by atoms with Crippen LogP contribution in [0.1, 0.15) is 18.1 Å². The highest BCUT2D eigenvalue weighted by Gasteiger charge is 2.36. The first-order chi connectivity index (χ1) is 8.41. The molecule has 2 nitrogen and oxygen atoms in total. The molecule has 100 valence electrons. The first-order valence-electron chi connectivity index (χ1n) is 6.11. The van der Waals surface area contributed by atoms with E-state index in [-0.39, 0.29) is 6.42 Å². The Bertz CT molecular complexity index is 429. The average Bonchev–Trinajstić information content (AvgIpc) is 2.69. The minimum atomic E-state index is -4.32. The average molecular weight is 258 g/mol. The summed E-state index contributed by atoms with van der Waals surface area (Å²) in [5, 5.41) is 0. The van der Waals surface area contributed by atoms with E-state index in [9.17, 15) is 13.2 Å². The standard InChI is InChI=1S/C13H17F3N2/c1-2-18-6-5-10-7-9(3-4-11(10)18)8-12(17)13(14,15)16/h3-4,7,12H,2,5-6,8,17H2,1H3. The van der Waals surface area contributed by atoms with Gasteiger partial charge in [0.1, 0.15) is 6.04 Å². The zero-order valence-electron chi connectivity index (χ0n) is 10.3. The van der Waals surface area contributed by atoms with Crippen LogP contribution < -0.4 is 10.6 Å². The maximum Gasteiger partial charge on any atom is 0.403 e. The quantitative estimate of drug-likeness (QED) is 0.902. The van der Waals surface area contributed by atoms with Crippen molar-refractivity contribution in [2.24, 2.45) is 5.73 Å². The molecule has 0 saturated heterocycles. The Hall–Kier alpha value is -1.23. The Balaban J connectivity index is 2.14. The second-order valence-electron chi connectivity index (χ2n) is 4.64. The Morgan fingerprint density at radius 1 is 1.39 bits per heavy atom. The van der Waals surface area contributed by atoms with Crippen LogP contribution in [0, 0.1) is 0 Å². The monoisotopic (exact) mass is 258 g/mol. The van der Waals surface area contributed by atoms with Gasteiger partial charge < -0.3 is 10.6 Å². The van der Waals surface area contributed by atoms with Gasteiger partial charge >= 0.3 is 6.18 Å². The summed E-state index contributed by atoms with van der Waals surface area (Å²) in [6.45, 7) is 3.94. The molecular formula is C13H17F3N2. The largest absolute Gasteiger partial charge is 0.403 e. The van der Waals surface area contributed by atoms with E-state index in [4.69, 9.17) is 5.73 Å². The van der Waals surface area contributed by atoms with Crippen molar-refractivity contribution < 1.29 is 13.2 Å². The number of fused-ring (bicyclic) bond motifs is 1. The number of anilines is 1. The van der Waals surface area contributed by atoms with Crippen molar-refractivity contribution >= 4 is 5.69 Å². The summed E-state index contributed by atoms with van der Waals surface area (Å²) < 4.78 is 37.2. The van der Waals surface area contributed by atoms with E-state index in [1.807, 2.05) is 12.1 Å². The lowest BCUT2D eigenvalue weighted by molar-refractivity contribution is -0.147. The minimum Gasteiger partial charge on any atom is -0.371 e. The van der Waals surface area contributed by atoms with Crippen molar-refractivity contribution in [2.75, 3.05) is 18.0 Å². The van der Waals surface area contributed by atoms with Gasteiger partial charge in [-0.2, -0.15) is 13.2 Å². The van der Waals surface area contributed by atoms with E-state index in [1.54, 1.807) is 6.07 Å². The number of benzene rings is 1. The second kappa shape index (κ2) is 4.80. The molecule has 0 fully saturated rings. The number of alkyl halides is 3. The molecule has 5 heteroatoms. The molecule has 18 heavy (non-hydrogen) atoms. The number of hydrogen-bond acceptors (Lipinski definition) is 2. The van der Waals surface area contributed by atoms with Gasteiger partial charge in [-0.15, -0.1) is 0 Å². The molecular weight excluding hydrogens is 241 g/mol. The molecule has 1 heterocycles. The second-order valence-corrected chi connectivity index (χ2v) is 4.64. The topological polar surface area (TPSA) is 29.3 Å². The summed E-state index contributed by atoms with van der Waals surface area (Å²) in [6, 6.07) is 3.73. The molecule has 2 N–H and O–H groups in total. The molecule has 1 unspecified atom stereocenters. The van der Waals surface area contributed by atoms with Crippen LogP contribution in [-0.4, -0.2) is 25.3 Å². The zero-order valence-corrected chi connectivity index (χ0v) is 10.3. The van der Waals surface area contributed by atoms with E-state index < -0.39 is 12.2 Å². The van der Waals surface area contributed by atoms with Gasteiger partial charge in [0.25, 0.3) is 0 Å². The molecule has 1 aliphatic rings. The number of nitrogens with zero attached hydrogens (tertiary/aromatic N) is 1. The van der Waals surface area contributed by atoms with Crippen molar-refractivity contribution in [1.82, 2.24) is 0 Å². The molecule has 1 aromatic carbocycles. The number of halogens is 3. The lowest BCUT2D eigenvalue weighted by Gasteiger charge is -2.18. The summed E-state index contributed by atoms with van der Waals surface area (Å²) in [6.07, 6.45) is -3.57. The fraction of sp³-hybridized carbons (Fsp3) is 0.538. The van der Waals surface area contributed by atoms with Crippen LogP contribution in [-0.2, 0) is 12.8 Å². The summed E-state index contributed by atoms with van der Waals surface area (Å²) >= 11 is 0. The number of rotatable bonds is 3. The van der Waals surface area contributed by atoms with Crippen molar-refractivity contribution in [3.05, 3.63) is 29.3 Å². The van der Waals surface area contributed by atoms with Crippen molar-refractivity contribution in [2.45, 2.75) is 32.0 Å². The highest BCUT2D eigenvalue weighted by Crippen LogP contribution is 2.29. The van der Waals surface area contributed by atoms with E-state index >= 15 is 0 Å². The molecule has 1 atom stereocenters. The van der Waals surface area contributed by atoms with Crippen molar-refractivity contribution in [3.8, 4) is 0 Å². The first kappa shape index (κ1) is 13.2. The van der Waals surface area contributed by atoms with E-state index in [2.05, 4.69) is 11.8 Å². The van der Waals surface area contributed by atoms with Gasteiger partial charge in [-0.25, -0.2) is 0 Å². The third-order valence-electron chi connectivity index (χ3n) is 3.39. The third kappa shape index (κ3) is 2.61. The summed E-state index contributed by atoms with van der Waals surface area (Å²) in [7, 11) is 0. The van der Waals surface area contributed by atoms with Crippen LogP contribution in [0.25, 0.3) is 0 Å². The lowest BCUT2D eigenvalue weighted by Crippen LogP contribution is -2.39. The van der Waals surface area contributed by atoms with Crippen molar-refractivity contribution in [3.63, 3.8) is 0 Å². The van der Waals surface area contributed by atoms with Gasteiger partial charge in [-0.3, -0.25) is 0 Å². The van der Waals surface area contributed by atoms with Gasteiger partial charge in [-0.05, 0) is 37.0 Å². The third-order valence-corrected chi connectivity index (χ3v) is 3.39. The van der Waals surface area contributed by atoms with Gasteiger partial charge in [-0.1, -0.05) is 12.1 Å². The fourth-order valence-electron chi connectivity index (χ4n) is 2.35. The van der Waals surface area contributed by atoms with Gasteiger partial charge in [0.15, 0.2) is 0 Å². The first-order valence-corrected chi connectivity index (χ1v) is 6.11. The molecule has 0 spiro atoms. The Morgan fingerprint density at radius 3 is 2.72 bits per heavy atom. The maximum atomic E-state index is 12.4. The normalized spacial score (nSPS) is 16.8. The number of hydrogen-bond donors (Lipinski definition) is 1. The molecule has 1 aliphatic heterocycles. The zero-order chi connectivity index (χ0) is 13.3. The fourth-order valence-corrected chi connectivity index (χ4v) is 2.35. The van der Waals surface area contributed by atoms with Gasteiger partial charge in [0.2, 0.25) is 0 Å². The highest BCUT2D eigenvalue weighted by molar-refractivity contribution is 5.59. The molecule has 0 saturated carbocycles. The van der Waals surface area contributed by atoms with Crippen LogP contribution in [0.5, 0.6) is 0 Å². The molecule has 0 aromatic heterocycles. The summed E-state index contributed by atoms with van der Waals surface area (Å²) in [4.78, 5) is 2.23. The van der Waals surface area contributed by atoms with Crippen LogP contribution in [0.3, 0.4) is 0 Å². The molecule has 2 rings (SSSR count). The Morgan fingerprint density at radius 2 is 2.11 bits per heavy atom. The molecule has 1 aromatic rings. The molecule has 0 amide bonds. The predicted octanol–water partition coefficient (Wildman–Crippen LogP) is 2.50. The summed E-state index contributed by atoms with van der Waals surface area (Å²) in [5.41, 5.74) is 8.08. The van der Waals surface area contributed by atoms with Gasteiger partial charge in [0.05, 0.1) is 0 Å². The molecule has 0 radical (unpaired) electrons. The Labute approximate surface area is 105 Å².